The lowest BCUT2D eigenvalue weighted by atomic mass is 9.91. The van der Waals surface area contributed by atoms with Gasteiger partial charge in [-0.1, -0.05) is 20.8 Å². The van der Waals surface area contributed by atoms with Crippen molar-refractivity contribution >= 4 is 12.0 Å². The number of hydrogen-bond acceptors (Lipinski definition) is 5. The van der Waals surface area contributed by atoms with Crippen molar-refractivity contribution in [2.75, 3.05) is 26.2 Å². The number of rotatable bonds is 1. The van der Waals surface area contributed by atoms with Gasteiger partial charge in [0, 0.05) is 31.1 Å². The van der Waals surface area contributed by atoms with Crippen LogP contribution in [0, 0.1) is 5.41 Å². The maximum Gasteiger partial charge on any atom is 0.413 e. The molecule has 2 saturated heterocycles. The van der Waals surface area contributed by atoms with Crippen molar-refractivity contribution in [3.63, 3.8) is 0 Å². The summed E-state index contributed by atoms with van der Waals surface area (Å²) in [5.41, 5.74) is -2.06. The largest absolute Gasteiger partial charge is 0.444 e. The molecule has 2 aliphatic rings. The van der Waals surface area contributed by atoms with Crippen LogP contribution in [0.4, 0.5) is 4.79 Å². The van der Waals surface area contributed by atoms with Gasteiger partial charge in [-0.25, -0.2) is 4.79 Å². The topological polar surface area (TPSA) is 71.1 Å². The average Bonchev–Trinajstić information content (AvgIpc) is 2.84. The molecule has 0 spiro atoms. The summed E-state index contributed by atoms with van der Waals surface area (Å²) in [5, 5.41) is 3.34. The molecule has 0 aromatic carbocycles. The molecular formula is C19H35N3O4. The monoisotopic (exact) mass is 369 g/mol. The lowest BCUT2D eigenvalue weighted by Gasteiger charge is -2.43. The van der Waals surface area contributed by atoms with Crippen molar-refractivity contribution in [3.8, 4) is 0 Å². The molecule has 1 N–H and O–H groups in total. The zero-order valence-electron chi connectivity index (χ0n) is 17.5. The van der Waals surface area contributed by atoms with Gasteiger partial charge in [-0.15, -0.1) is 0 Å². The van der Waals surface area contributed by atoms with Crippen LogP contribution in [0.25, 0.3) is 0 Å². The summed E-state index contributed by atoms with van der Waals surface area (Å²) < 4.78 is 11.6. The molecule has 2 rings (SSSR count). The summed E-state index contributed by atoms with van der Waals surface area (Å²) in [6.45, 7) is 17.5. The van der Waals surface area contributed by atoms with Crippen molar-refractivity contribution in [1.82, 2.24) is 15.1 Å². The molecule has 0 radical (unpaired) electrons. The van der Waals surface area contributed by atoms with Crippen LogP contribution in [0.3, 0.4) is 0 Å². The van der Waals surface area contributed by atoms with Crippen LogP contribution >= 0.6 is 0 Å². The summed E-state index contributed by atoms with van der Waals surface area (Å²) in [7, 11) is 0. The number of nitrogens with one attached hydrogen (secondary N) is 1. The van der Waals surface area contributed by atoms with Gasteiger partial charge in [-0.05, 0) is 34.6 Å². The summed E-state index contributed by atoms with van der Waals surface area (Å²) >= 11 is 0. The number of nitrogens with zero attached hydrogens (tertiary/aromatic N) is 2. The Labute approximate surface area is 157 Å². The second kappa shape index (κ2) is 7.00. The minimum absolute atomic E-state index is 0.0801. The van der Waals surface area contributed by atoms with Gasteiger partial charge in [-0.2, -0.15) is 0 Å². The van der Waals surface area contributed by atoms with Crippen molar-refractivity contribution in [2.24, 2.45) is 5.41 Å². The van der Waals surface area contributed by atoms with Crippen molar-refractivity contribution < 1.29 is 19.1 Å². The van der Waals surface area contributed by atoms with Crippen LogP contribution in [0.5, 0.6) is 0 Å². The predicted octanol–water partition coefficient (Wildman–Crippen LogP) is 2.20. The summed E-state index contributed by atoms with van der Waals surface area (Å²) in [6, 6.07) is 0.229. The van der Waals surface area contributed by atoms with E-state index in [1.165, 1.54) is 4.90 Å². The highest BCUT2D eigenvalue weighted by Gasteiger charge is 2.57. The van der Waals surface area contributed by atoms with E-state index in [1.54, 1.807) is 6.92 Å². The number of carbonyl (C=O) groups excluding carboxylic acids is 2. The van der Waals surface area contributed by atoms with Gasteiger partial charge >= 0.3 is 6.09 Å². The van der Waals surface area contributed by atoms with Gasteiger partial charge in [0.05, 0.1) is 6.61 Å². The molecule has 0 bridgehead atoms. The van der Waals surface area contributed by atoms with Gasteiger partial charge in [0.15, 0.2) is 0 Å². The van der Waals surface area contributed by atoms with Gasteiger partial charge in [-0.3, -0.25) is 9.69 Å². The number of carbonyl (C=O) groups is 2. The fourth-order valence-corrected chi connectivity index (χ4v) is 3.51. The molecule has 0 aromatic rings. The Morgan fingerprint density at radius 2 is 1.81 bits per heavy atom. The minimum Gasteiger partial charge on any atom is -0.444 e. The van der Waals surface area contributed by atoms with E-state index < -0.39 is 23.5 Å². The van der Waals surface area contributed by atoms with E-state index in [-0.39, 0.29) is 24.0 Å². The third kappa shape index (κ3) is 4.31. The molecule has 0 aromatic heterocycles. The van der Waals surface area contributed by atoms with E-state index in [4.69, 9.17) is 9.47 Å². The molecular weight excluding hydrogens is 334 g/mol. The zero-order valence-corrected chi connectivity index (χ0v) is 17.5. The van der Waals surface area contributed by atoms with Gasteiger partial charge < -0.3 is 19.7 Å². The Morgan fingerprint density at radius 1 is 1.19 bits per heavy atom. The van der Waals surface area contributed by atoms with E-state index in [9.17, 15) is 9.59 Å². The third-order valence-electron chi connectivity index (χ3n) is 4.74. The molecule has 7 nitrogen and oxygen atoms in total. The summed E-state index contributed by atoms with van der Waals surface area (Å²) in [4.78, 5) is 29.8. The predicted molar refractivity (Wildman–Crippen MR) is 99.7 cm³/mol. The van der Waals surface area contributed by atoms with Crippen LogP contribution in [0.1, 0.15) is 55.4 Å². The molecule has 2 aliphatic heterocycles. The van der Waals surface area contributed by atoms with E-state index in [0.29, 0.717) is 13.1 Å². The lowest BCUT2D eigenvalue weighted by molar-refractivity contribution is -0.144. The van der Waals surface area contributed by atoms with E-state index in [1.807, 2.05) is 46.4 Å². The van der Waals surface area contributed by atoms with Gasteiger partial charge in [0.25, 0.3) is 5.91 Å². The highest BCUT2D eigenvalue weighted by atomic mass is 16.6. The van der Waals surface area contributed by atoms with Crippen molar-refractivity contribution in [3.05, 3.63) is 0 Å². The second-order valence-corrected chi connectivity index (χ2v) is 9.76. The molecule has 26 heavy (non-hydrogen) atoms. The van der Waals surface area contributed by atoms with Gasteiger partial charge in [0.1, 0.15) is 17.4 Å². The molecule has 0 aliphatic carbocycles. The SMILES string of the molecule is CC1CN(C(=O)[C@]2(C)CO[C@H](C(C)(C)C)N2C(=O)OC(C)(C)C)CCN1. The van der Waals surface area contributed by atoms with Gasteiger partial charge in [0.2, 0.25) is 0 Å². The Bertz CT molecular complexity index is 552. The van der Waals surface area contributed by atoms with Crippen LogP contribution in [0.15, 0.2) is 0 Å². The number of piperazine rings is 1. The number of hydrogen-bond donors (Lipinski definition) is 1. The highest BCUT2D eigenvalue weighted by Crippen LogP contribution is 2.39. The quantitative estimate of drug-likeness (QED) is 0.767. The fraction of sp³-hybridized carbons (Fsp3) is 0.895. The molecule has 2 fully saturated rings. The Hall–Kier alpha value is -1.34. The van der Waals surface area contributed by atoms with Crippen LogP contribution in [-0.2, 0) is 14.3 Å². The molecule has 7 heteroatoms. The molecule has 1 unspecified atom stereocenters. The fourth-order valence-electron chi connectivity index (χ4n) is 3.51. The first-order valence-corrected chi connectivity index (χ1v) is 9.42. The normalized spacial score (nSPS) is 30.5. The first-order valence-electron chi connectivity index (χ1n) is 9.42. The maximum absolute atomic E-state index is 13.4. The van der Waals surface area contributed by atoms with Crippen LogP contribution < -0.4 is 5.32 Å². The summed E-state index contributed by atoms with van der Waals surface area (Å²) in [6.07, 6.45) is -1.03. The van der Waals surface area contributed by atoms with Crippen molar-refractivity contribution in [1.29, 1.82) is 0 Å². The molecule has 150 valence electrons. The van der Waals surface area contributed by atoms with E-state index in [2.05, 4.69) is 12.2 Å². The minimum atomic E-state index is -1.07. The molecule has 2 heterocycles. The van der Waals surface area contributed by atoms with Crippen molar-refractivity contribution in [2.45, 2.75) is 78.8 Å². The Balaban J connectivity index is 2.34. The maximum atomic E-state index is 13.4. The average molecular weight is 370 g/mol. The zero-order chi connectivity index (χ0) is 19.9. The Morgan fingerprint density at radius 3 is 2.31 bits per heavy atom. The first-order chi connectivity index (χ1) is 11.8. The van der Waals surface area contributed by atoms with E-state index in [0.717, 1.165) is 6.54 Å². The first kappa shape index (κ1) is 21.0. The lowest BCUT2D eigenvalue weighted by Crippen LogP contribution is -2.64. The molecule has 2 amide bonds. The number of amides is 2. The van der Waals surface area contributed by atoms with Crippen LogP contribution in [0.2, 0.25) is 0 Å². The molecule has 3 atom stereocenters. The highest BCUT2D eigenvalue weighted by molar-refractivity contribution is 5.90. The molecule has 0 saturated carbocycles. The number of ether oxygens (including phenoxy) is 2. The van der Waals surface area contributed by atoms with E-state index >= 15 is 0 Å². The second-order valence-electron chi connectivity index (χ2n) is 9.76. The smallest absolute Gasteiger partial charge is 0.413 e. The Kier molecular flexibility index (Phi) is 5.64. The third-order valence-corrected chi connectivity index (χ3v) is 4.74. The summed E-state index contributed by atoms with van der Waals surface area (Å²) in [5.74, 6) is -0.0801. The standard InChI is InChI=1S/C19H35N3O4/c1-13-11-21(10-9-20-13)14(23)19(8)12-25-15(17(2,3)4)22(19)16(24)26-18(5,6)7/h13,15,20H,9-12H2,1-8H3/t13?,15-,19+/m1/s1. The van der Waals surface area contributed by atoms with Crippen LogP contribution in [-0.4, -0.2) is 71.5 Å².